The molecule has 1 aliphatic rings. The quantitative estimate of drug-likeness (QED) is 0.845. The Kier molecular flexibility index (Phi) is 5.49. The highest BCUT2D eigenvalue weighted by atomic mass is 19.1. The zero-order valence-electron chi connectivity index (χ0n) is 12.5. The predicted molar refractivity (Wildman–Crippen MR) is 77.9 cm³/mol. The van der Waals surface area contributed by atoms with Crippen LogP contribution in [0.15, 0.2) is 18.2 Å². The predicted octanol–water partition coefficient (Wildman–Crippen LogP) is 2.34. The SMILES string of the molecule is Cc1cc(C(NC(=O)CCC2CCCO2)C(=O)O)ccc1F. The van der Waals surface area contributed by atoms with Gasteiger partial charge in [-0.1, -0.05) is 12.1 Å². The summed E-state index contributed by atoms with van der Waals surface area (Å²) in [5.74, 6) is -1.92. The van der Waals surface area contributed by atoms with Gasteiger partial charge in [-0.3, -0.25) is 4.79 Å². The number of rotatable bonds is 6. The topological polar surface area (TPSA) is 75.6 Å². The minimum atomic E-state index is -1.17. The minimum Gasteiger partial charge on any atom is -0.479 e. The van der Waals surface area contributed by atoms with E-state index in [4.69, 9.17) is 4.74 Å². The molecule has 1 aromatic rings. The molecule has 2 rings (SSSR count). The Bertz CT molecular complexity index is 555. The summed E-state index contributed by atoms with van der Waals surface area (Å²) in [6.45, 7) is 2.27. The molecule has 1 aliphatic heterocycles. The zero-order valence-corrected chi connectivity index (χ0v) is 12.5. The Morgan fingerprint density at radius 1 is 1.50 bits per heavy atom. The van der Waals surface area contributed by atoms with E-state index in [2.05, 4.69) is 5.32 Å². The molecule has 1 heterocycles. The van der Waals surface area contributed by atoms with Crippen molar-refractivity contribution in [2.75, 3.05) is 6.61 Å². The average molecular weight is 309 g/mol. The van der Waals surface area contributed by atoms with Crippen LogP contribution in [0.2, 0.25) is 0 Å². The van der Waals surface area contributed by atoms with E-state index in [0.29, 0.717) is 17.5 Å². The average Bonchev–Trinajstić information content (AvgIpc) is 2.98. The second-order valence-corrected chi connectivity index (χ2v) is 5.52. The lowest BCUT2D eigenvalue weighted by Crippen LogP contribution is -2.34. The summed E-state index contributed by atoms with van der Waals surface area (Å²) in [5.41, 5.74) is 0.703. The summed E-state index contributed by atoms with van der Waals surface area (Å²) in [6.07, 6.45) is 2.82. The molecule has 1 fully saturated rings. The highest BCUT2D eigenvalue weighted by Crippen LogP contribution is 2.19. The van der Waals surface area contributed by atoms with Crippen LogP contribution in [0.4, 0.5) is 4.39 Å². The molecular formula is C16H20FNO4. The van der Waals surface area contributed by atoms with Crippen molar-refractivity contribution in [2.45, 2.75) is 44.8 Å². The number of aryl methyl sites for hydroxylation is 1. The van der Waals surface area contributed by atoms with Crippen molar-refractivity contribution in [1.82, 2.24) is 5.32 Å². The van der Waals surface area contributed by atoms with Gasteiger partial charge in [0, 0.05) is 13.0 Å². The van der Waals surface area contributed by atoms with E-state index in [-0.39, 0.29) is 18.4 Å². The molecule has 0 saturated carbocycles. The number of aliphatic carboxylic acids is 1. The zero-order chi connectivity index (χ0) is 16.1. The molecule has 0 aromatic heterocycles. The van der Waals surface area contributed by atoms with E-state index in [1.165, 1.54) is 18.2 Å². The van der Waals surface area contributed by atoms with Crippen LogP contribution in [0.1, 0.15) is 42.9 Å². The number of halogens is 1. The van der Waals surface area contributed by atoms with Crippen LogP contribution in [-0.2, 0) is 14.3 Å². The first-order valence-electron chi connectivity index (χ1n) is 7.37. The first-order chi connectivity index (χ1) is 10.5. The number of carboxylic acid groups (broad SMARTS) is 1. The molecule has 0 radical (unpaired) electrons. The van der Waals surface area contributed by atoms with E-state index < -0.39 is 17.8 Å². The smallest absolute Gasteiger partial charge is 0.330 e. The number of carboxylic acids is 1. The number of carbonyl (C=O) groups excluding carboxylic acids is 1. The minimum absolute atomic E-state index is 0.0853. The second-order valence-electron chi connectivity index (χ2n) is 5.52. The third-order valence-electron chi connectivity index (χ3n) is 3.78. The van der Waals surface area contributed by atoms with Gasteiger partial charge in [0.15, 0.2) is 6.04 Å². The Balaban J connectivity index is 1.97. The summed E-state index contributed by atoms with van der Waals surface area (Å²) in [5, 5.41) is 11.8. The van der Waals surface area contributed by atoms with Gasteiger partial charge >= 0.3 is 5.97 Å². The van der Waals surface area contributed by atoms with Gasteiger partial charge in [0.05, 0.1) is 6.10 Å². The van der Waals surface area contributed by atoms with Gasteiger partial charge in [0.25, 0.3) is 0 Å². The molecule has 6 heteroatoms. The van der Waals surface area contributed by atoms with Crippen LogP contribution in [0, 0.1) is 12.7 Å². The van der Waals surface area contributed by atoms with Crippen molar-refractivity contribution in [2.24, 2.45) is 0 Å². The number of nitrogens with one attached hydrogen (secondary N) is 1. The summed E-state index contributed by atoms with van der Waals surface area (Å²) < 4.78 is 18.7. The van der Waals surface area contributed by atoms with Crippen molar-refractivity contribution in [3.05, 3.63) is 35.1 Å². The molecule has 2 N–H and O–H groups in total. The molecule has 22 heavy (non-hydrogen) atoms. The van der Waals surface area contributed by atoms with Crippen LogP contribution in [-0.4, -0.2) is 29.7 Å². The lowest BCUT2D eigenvalue weighted by atomic mass is 10.0. The van der Waals surface area contributed by atoms with Gasteiger partial charge in [-0.2, -0.15) is 0 Å². The fourth-order valence-electron chi connectivity index (χ4n) is 2.53. The summed E-state index contributed by atoms with van der Waals surface area (Å²) in [6, 6.07) is 2.85. The molecule has 120 valence electrons. The number of hydrogen-bond donors (Lipinski definition) is 2. The number of hydrogen-bond acceptors (Lipinski definition) is 3. The molecule has 0 bridgehead atoms. The van der Waals surface area contributed by atoms with Crippen LogP contribution < -0.4 is 5.32 Å². The molecule has 1 aromatic carbocycles. The van der Waals surface area contributed by atoms with Gasteiger partial charge in [0.1, 0.15) is 5.82 Å². The van der Waals surface area contributed by atoms with E-state index in [1.807, 2.05) is 0 Å². The maximum absolute atomic E-state index is 13.3. The number of carbonyl (C=O) groups is 2. The standard InChI is InChI=1S/C16H20FNO4/c1-10-9-11(4-6-13(10)17)15(16(20)21)18-14(19)7-5-12-3-2-8-22-12/h4,6,9,12,15H,2-3,5,7-8H2,1H3,(H,18,19)(H,20,21). The second kappa shape index (κ2) is 7.35. The molecule has 0 spiro atoms. The fraction of sp³-hybridized carbons (Fsp3) is 0.500. The Morgan fingerprint density at radius 2 is 2.27 bits per heavy atom. The Hall–Kier alpha value is -1.95. The van der Waals surface area contributed by atoms with E-state index in [0.717, 1.165) is 19.4 Å². The number of amides is 1. The molecule has 1 amide bonds. The summed E-state index contributed by atoms with van der Waals surface area (Å²) >= 11 is 0. The number of ether oxygens (including phenoxy) is 1. The third-order valence-corrected chi connectivity index (χ3v) is 3.78. The van der Waals surface area contributed by atoms with Crippen LogP contribution >= 0.6 is 0 Å². The Morgan fingerprint density at radius 3 is 2.86 bits per heavy atom. The van der Waals surface area contributed by atoms with Gasteiger partial charge < -0.3 is 15.2 Å². The first-order valence-corrected chi connectivity index (χ1v) is 7.37. The van der Waals surface area contributed by atoms with Crippen molar-refractivity contribution in [3.63, 3.8) is 0 Å². The third kappa shape index (κ3) is 4.27. The molecule has 2 atom stereocenters. The maximum Gasteiger partial charge on any atom is 0.330 e. The van der Waals surface area contributed by atoms with Crippen molar-refractivity contribution in [3.8, 4) is 0 Å². The molecular weight excluding hydrogens is 289 g/mol. The molecule has 0 aliphatic carbocycles. The lowest BCUT2D eigenvalue weighted by Gasteiger charge is -2.16. The fourth-order valence-corrected chi connectivity index (χ4v) is 2.53. The highest BCUT2D eigenvalue weighted by molar-refractivity contribution is 5.84. The largest absolute Gasteiger partial charge is 0.479 e. The molecule has 5 nitrogen and oxygen atoms in total. The molecule has 2 unspecified atom stereocenters. The Labute approximate surface area is 128 Å². The first kappa shape index (κ1) is 16.4. The summed E-state index contributed by atoms with van der Waals surface area (Å²) in [7, 11) is 0. The highest BCUT2D eigenvalue weighted by Gasteiger charge is 2.23. The van der Waals surface area contributed by atoms with E-state index in [1.54, 1.807) is 6.92 Å². The monoisotopic (exact) mass is 309 g/mol. The van der Waals surface area contributed by atoms with Crippen LogP contribution in [0.3, 0.4) is 0 Å². The van der Waals surface area contributed by atoms with Gasteiger partial charge in [-0.25, -0.2) is 9.18 Å². The molecule has 1 saturated heterocycles. The lowest BCUT2D eigenvalue weighted by molar-refractivity contribution is -0.142. The van der Waals surface area contributed by atoms with Crippen molar-refractivity contribution < 1.29 is 23.8 Å². The van der Waals surface area contributed by atoms with Gasteiger partial charge in [-0.15, -0.1) is 0 Å². The van der Waals surface area contributed by atoms with Crippen LogP contribution in [0.5, 0.6) is 0 Å². The van der Waals surface area contributed by atoms with Gasteiger partial charge in [-0.05, 0) is 43.4 Å². The normalized spacial score (nSPS) is 18.9. The van der Waals surface area contributed by atoms with Crippen molar-refractivity contribution >= 4 is 11.9 Å². The van der Waals surface area contributed by atoms with Gasteiger partial charge in [0.2, 0.25) is 5.91 Å². The maximum atomic E-state index is 13.3. The van der Waals surface area contributed by atoms with Crippen molar-refractivity contribution in [1.29, 1.82) is 0 Å². The van der Waals surface area contributed by atoms with E-state index >= 15 is 0 Å². The van der Waals surface area contributed by atoms with E-state index in [9.17, 15) is 19.1 Å². The summed E-state index contributed by atoms with van der Waals surface area (Å²) in [4.78, 5) is 23.3. The van der Waals surface area contributed by atoms with Crippen LogP contribution in [0.25, 0.3) is 0 Å². The number of benzene rings is 1.